The van der Waals surface area contributed by atoms with Gasteiger partial charge in [0, 0.05) is 67.5 Å². The zero-order valence-corrected chi connectivity index (χ0v) is 37.2. The highest BCUT2D eigenvalue weighted by atomic mass is 19.1. The molecule has 8 rings (SSSR count). The van der Waals surface area contributed by atoms with E-state index in [0.717, 1.165) is 12.1 Å². The van der Waals surface area contributed by atoms with E-state index in [1.165, 1.54) is 37.3 Å². The van der Waals surface area contributed by atoms with E-state index in [0.29, 0.717) is 57.3 Å². The number of halogens is 3. The highest BCUT2D eigenvalue weighted by Gasteiger charge is 2.47. The third kappa shape index (κ3) is 10.3. The maximum absolute atomic E-state index is 15.0. The molecule has 67 heavy (non-hydrogen) atoms. The lowest BCUT2D eigenvalue weighted by Crippen LogP contribution is -2.47. The van der Waals surface area contributed by atoms with Crippen LogP contribution in [-0.2, 0) is 19.1 Å². The molecule has 2 heterocycles. The zero-order valence-electron chi connectivity index (χ0n) is 37.2. The Bertz CT molecular complexity index is 2720. The highest BCUT2D eigenvalue weighted by Crippen LogP contribution is 2.46. The van der Waals surface area contributed by atoms with Crippen LogP contribution in [0.1, 0.15) is 66.9 Å². The van der Waals surface area contributed by atoms with Gasteiger partial charge in [-0.05, 0) is 77.4 Å². The first-order valence-electron chi connectivity index (χ1n) is 21.4. The van der Waals surface area contributed by atoms with Crippen molar-refractivity contribution < 1.29 is 51.3 Å². The number of amides is 4. The molecule has 6 aromatic rings. The highest BCUT2D eigenvalue weighted by molar-refractivity contribution is 6.05. The third-order valence-corrected chi connectivity index (χ3v) is 11.7. The smallest absolute Gasteiger partial charge is 0.254 e. The van der Waals surface area contributed by atoms with E-state index in [1.54, 1.807) is 122 Å². The second-order valence-corrected chi connectivity index (χ2v) is 15.6. The van der Waals surface area contributed by atoms with Gasteiger partial charge in [0.2, 0.25) is 11.8 Å². The molecule has 4 amide bonds. The molecule has 6 aromatic carbocycles. The van der Waals surface area contributed by atoms with Gasteiger partial charge < -0.3 is 39.4 Å². The zero-order chi connectivity index (χ0) is 47.6. The number of anilines is 2. The number of nitrogens with one attached hydrogen (secondary N) is 2. The van der Waals surface area contributed by atoms with Crippen molar-refractivity contribution in [1.82, 2.24) is 9.80 Å². The van der Waals surface area contributed by atoms with Crippen LogP contribution in [0.4, 0.5) is 24.5 Å². The van der Waals surface area contributed by atoms with Crippen LogP contribution in [-0.4, -0.2) is 88.2 Å². The fraction of sp³-hybridized carbons (Fsp3) is 0.231. The molecule has 0 aliphatic carbocycles. The predicted octanol–water partition coefficient (Wildman–Crippen LogP) is 8.94. The number of rotatable bonds is 14. The minimum absolute atomic E-state index is 0.0467. The van der Waals surface area contributed by atoms with Crippen LogP contribution in [0, 0.1) is 17.5 Å². The van der Waals surface area contributed by atoms with Gasteiger partial charge in [0.1, 0.15) is 29.0 Å². The molecule has 0 bridgehead atoms. The summed E-state index contributed by atoms with van der Waals surface area (Å²) in [5, 5.41) is 5.79. The Morgan fingerprint density at radius 3 is 1.43 bits per heavy atom. The SMILES string of the molecule is COCCN1C(=O)c2ccccc2C(C(=O)Nc2cccc(OC)c2)C1c1c(F)cccc1F.COCCN1C(=O)c2ccccc2C(C(=O)Nc2cccc(OC)c2)C1c1ccc(F)cc1. The third-order valence-electron chi connectivity index (χ3n) is 11.7. The molecule has 346 valence electrons. The second-order valence-electron chi connectivity index (χ2n) is 15.6. The molecular weight excluding hydrogens is 866 g/mol. The summed E-state index contributed by atoms with van der Waals surface area (Å²) in [7, 11) is 6.09. The van der Waals surface area contributed by atoms with Gasteiger partial charge in [-0.3, -0.25) is 19.2 Å². The molecule has 2 aliphatic heterocycles. The molecule has 0 radical (unpaired) electrons. The summed E-state index contributed by atoms with van der Waals surface area (Å²) in [6, 6.07) is 35.1. The van der Waals surface area contributed by atoms with Gasteiger partial charge in [-0.25, -0.2) is 13.2 Å². The molecule has 0 saturated heterocycles. The first-order valence-corrected chi connectivity index (χ1v) is 21.4. The van der Waals surface area contributed by atoms with E-state index < -0.39 is 47.4 Å². The summed E-state index contributed by atoms with van der Waals surface area (Å²) in [6.45, 7) is 0.764. The van der Waals surface area contributed by atoms with Gasteiger partial charge in [-0.2, -0.15) is 0 Å². The van der Waals surface area contributed by atoms with Crippen molar-refractivity contribution in [2.24, 2.45) is 0 Å². The molecular formula is C52H49F3N4O8. The monoisotopic (exact) mass is 914 g/mol. The van der Waals surface area contributed by atoms with Crippen LogP contribution >= 0.6 is 0 Å². The average molecular weight is 915 g/mol. The van der Waals surface area contributed by atoms with E-state index in [1.807, 2.05) is 6.07 Å². The molecule has 0 saturated carbocycles. The summed E-state index contributed by atoms with van der Waals surface area (Å²) in [4.78, 5) is 57.2. The number of nitrogens with zero attached hydrogens (tertiary/aromatic N) is 2. The van der Waals surface area contributed by atoms with Crippen molar-refractivity contribution in [3.63, 3.8) is 0 Å². The molecule has 2 aliphatic rings. The Kier molecular flexibility index (Phi) is 15.4. The van der Waals surface area contributed by atoms with Crippen molar-refractivity contribution in [2.45, 2.75) is 23.9 Å². The van der Waals surface area contributed by atoms with Crippen LogP contribution in [0.5, 0.6) is 11.5 Å². The van der Waals surface area contributed by atoms with Crippen LogP contribution in [0.15, 0.2) is 140 Å². The second kappa shape index (κ2) is 21.7. The molecule has 12 nitrogen and oxygen atoms in total. The molecule has 0 spiro atoms. The van der Waals surface area contributed by atoms with Crippen molar-refractivity contribution >= 4 is 35.0 Å². The van der Waals surface area contributed by atoms with Crippen LogP contribution in [0.3, 0.4) is 0 Å². The quantitative estimate of drug-likeness (QED) is 0.111. The summed E-state index contributed by atoms with van der Waals surface area (Å²) in [6.07, 6.45) is 0. The Morgan fingerprint density at radius 2 is 0.970 bits per heavy atom. The number of methoxy groups -OCH3 is 4. The Balaban J connectivity index is 0.000000199. The minimum Gasteiger partial charge on any atom is -0.497 e. The number of hydrogen-bond acceptors (Lipinski definition) is 8. The van der Waals surface area contributed by atoms with E-state index in [-0.39, 0.29) is 42.9 Å². The average Bonchev–Trinajstić information content (AvgIpc) is 3.34. The predicted molar refractivity (Wildman–Crippen MR) is 246 cm³/mol. The summed E-state index contributed by atoms with van der Waals surface area (Å²) in [5.41, 5.74) is 3.16. The number of ether oxygens (including phenoxy) is 4. The van der Waals surface area contributed by atoms with Crippen LogP contribution < -0.4 is 20.1 Å². The number of carbonyl (C=O) groups excluding carboxylic acids is 4. The standard InChI is InChI=1S/C26H24F2N2O4.C26H25FN2O4/c1-33-14-13-30-24(23-20(27)11-6-12-21(23)28)22(18-9-3-4-10-19(18)26(30)32)25(31)29-16-7-5-8-17(15-16)34-2;1-32-15-14-29-24(17-10-12-18(27)13-11-17)23(21-8-3-4-9-22(21)26(29)31)25(30)28-19-6-5-7-20(16-19)33-2/h3-12,15,22,24H,13-14H2,1-2H3,(H,29,31);3-13,16,23-24H,14-15H2,1-2H3,(H,28,30). The topological polar surface area (TPSA) is 136 Å². The molecule has 4 unspecified atom stereocenters. The number of carbonyl (C=O) groups is 4. The maximum Gasteiger partial charge on any atom is 0.254 e. The summed E-state index contributed by atoms with van der Waals surface area (Å²) in [5.74, 6) is -4.11. The first-order chi connectivity index (χ1) is 32.5. The minimum atomic E-state index is -1.22. The lowest BCUT2D eigenvalue weighted by molar-refractivity contribution is -0.120. The van der Waals surface area contributed by atoms with E-state index in [9.17, 15) is 23.6 Å². The van der Waals surface area contributed by atoms with E-state index in [2.05, 4.69) is 10.6 Å². The molecule has 2 N–H and O–H groups in total. The van der Waals surface area contributed by atoms with Crippen LogP contribution in [0.2, 0.25) is 0 Å². The largest absolute Gasteiger partial charge is 0.497 e. The van der Waals surface area contributed by atoms with Crippen LogP contribution in [0.25, 0.3) is 0 Å². The first kappa shape index (κ1) is 47.5. The molecule has 0 fully saturated rings. The lowest BCUT2D eigenvalue weighted by atomic mass is 9.78. The Hall–Kier alpha value is -7.49. The van der Waals surface area contributed by atoms with Crippen molar-refractivity contribution in [3.8, 4) is 11.5 Å². The molecule has 4 atom stereocenters. The van der Waals surface area contributed by atoms with Crippen molar-refractivity contribution in [1.29, 1.82) is 0 Å². The van der Waals surface area contributed by atoms with Gasteiger partial charge in [0.25, 0.3) is 11.8 Å². The molecule has 15 heteroatoms. The van der Waals surface area contributed by atoms with Gasteiger partial charge >= 0.3 is 0 Å². The van der Waals surface area contributed by atoms with Gasteiger partial charge in [-0.1, -0.05) is 66.7 Å². The fourth-order valence-electron chi connectivity index (χ4n) is 8.61. The van der Waals surface area contributed by atoms with Crippen molar-refractivity contribution in [3.05, 3.63) is 190 Å². The Morgan fingerprint density at radius 1 is 0.537 bits per heavy atom. The molecule has 0 aromatic heterocycles. The number of hydrogen-bond donors (Lipinski definition) is 2. The van der Waals surface area contributed by atoms with Gasteiger partial charge in [0.15, 0.2) is 0 Å². The van der Waals surface area contributed by atoms with E-state index >= 15 is 8.78 Å². The maximum atomic E-state index is 15.0. The summed E-state index contributed by atoms with van der Waals surface area (Å²) < 4.78 is 64.6. The Labute approximate surface area is 386 Å². The number of benzene rings is 6. The van der Waals surface area contributed by atoms with E-state index in [4.69, 9.17) is 18.9 Å². The number of fused-ring (bicyclic) bond motifs is 2. The normalized spacial score (nSPS) is 17.4. The lowest BCUT2D eigenvalue weighted by Gasteiger charge is -2.41. The van der Waals surface area contributed by atoms with Crippen molar-refractivity contribution in [2.75, 3.05) is 65.4 Å². The fourth-order valence-corrected chi connectivity index (χ4v) is 8.61. The van der Waals surface area contributed by atoms with Gasteiger partial charge in [0.05, 0.1) is 51.4 Å². The summed E-state index contributed by atoms with van der Waals surface area (Å²) >= 11 is 0. The van der Waals surface area contributed by atoms with Gasteiger partial charge in [-0.15, -0.1) is 0 Å².